The maximum absolute atomic E-state index is 10.5. The van der Waals surface area contributed by atoms with Crippen molar-refractivity contribution in [3.63, 3.8) is 0 Å². The summed E-state index contributed by atoms with van der Waals surface area (Å²) in [6, 6.07) is 1.67. The normalized spacial score (nSPS) is 11.4. The van der Waals surface area contributed by atoms with Crippen LogP contribution in [0.4, 0.5) is 0 Å². The van der Waals surface area contributed by atoms with E-state index >= 15 is 0 Å². The smallest absolute Gasteiger partial charge is 0.233 e. The lowest BCUT2D eigenvalue weighted by molar-refractivity contribution is 0.608. The fourth-order valence-electron chi connectivity index (χ4n) is 0.672. The number of aromatic nitrogens is 2. The lowest BCUT2D eigenvalue weighted by Gasteiger charge is -1.94. The molecule has 66 valence electrons. The van der Waals surface area contributed by atoms with Crippen LogP contribution in [0, 0.1) is 0 Å². The van der Waals surface area contributed by atoms with Gasteiger partial charge in [0.2, 0.25) is 9.05 Å². The number of aryl methyl sites for hydroxylation is 1. The minimum absolute atomic E-state index is 0.126. The average Bonchev–Trinajstić information content (AvgIpc) is 2.02. The molecule has 0 N–H and O–H groups in total. The Bertz CT molecular complexity index is 338. The highest BCUT2D eigenvalue weighted by molar-refractivity contribution is 8.13. The zero-order valence-corrected chi connectivity index (χ0v) is 7.72. The maximum atomic E-state index is 10.5. The second-order valence-corrected chi connectivity index (χ2v) is 5.05. The van der Waals surface area contributed by atoms with Crippen LogP contribution in [0.3, 0.4) is 0 Å². The standard InChI is InChI=1S/C6H7ClN2O2S/c7-12(10,11)5-2-6-8-3-1-4-9-6/h1,3-4H,2,5H2. The van der Waals surface area contributed by atoms with E-state index in [1.165, 1.54) is 0 Å². The van der Waals surface area contributed by atoms with E-state index in [0.717, 1.165) is 0 Å². The van der Waals surface area contributed by atoms with Crippen molar-refractivity contribution < 1.29 is 8.42 Å². The van der Waals surface area contributed by atoms with E-state index in [1.807, 2.05) is 0 Å². The van der Waals surface area contributed by atoms with Gasteiger partial charge in [0.05, 0.1) is 5.75 Å². The van der Waals surface area contributed by atoms with Crippen LogP contribution in [0.15, 0.2) is 18.5 Å². The highest BCUT2D eigenvalue weighted by atomic mass is 35.7. The molecule has 0 aliphatic heterocycles. The Morgan fingerprint density at radius 3 is 2.42 bits per heavy atom. The zero-order valence-electron chi connectivity index (χ0n) is 6.14. The Balaban J connectivity index is 2.56. The highest BCUT2D eigenvalue weighted by Crippen LogP contribution is 1.99. The molecule has 1 heterocycles. The number of hydrogen-bond acceptors (Lipinski definition) is 4. The first-order valence-electron chi connectivity index (χ1n) is 3.26. The molecule has 0 radical (unpaired) electrons. The van der Waals surface area contributed by atoms with Gasteiger partial charge in [-0.25, -0.2) is 18.4 Å². The molecule has 0 aromatic carbocycles. The molecule has 12 heavy (non-hydrogen) atoms. The van der Waals surface area contributed by atoms with Gasteiger partial charge < -0.3 is 0 Å². The number of nitrogens with zero attached hydrogens (tertiary/aromatic N) is 2. The summed E-state index contributed by atoms with van der Waals surface area (Å²) in [4.78, 5) is 7.70. The van der Waals surface area contributed by atoms with Crippen molar-refractivity contribution >= 4 is 19.7 Å². The maximum Gasteiger partial charge on any atom is 0.233 e. The first-order chi connectivity index (χ1) is 5.58. The van der Waals surface area contributed by atoms with Crippen LogP contribution in [0.2, 0.25) is 0 Å². The fourth-order valence-corrected chi connectivity index (χ4v) is 1.33. The molecule has 0 saturated heterocycles. The van der Waals surface area contributed by atoms with Gasteiger partial charge in [-0.3, -0.25) is 0 Å². The van der Waals surface area contributed by atoms with E-state index in [9.17, 15) is 8.42 Å². The Kier molecular flexibility index (Phi) is 2.99. The summed E-state index contributed by atoms with van der Waals surface area (Å²) in [6.45, 7) is 0. The third-order valence-corrected chi connectivity index (χ3v) is 2.34. The van der Waals surface area contributed by atoms with Crippen LogP contribution in [0.25, 0.3) is 0 Å². The Morgan fingerprint density at radius 1 is 1.33 bits per heavy atom. The summed E-state index contributed by atoms with van der Waals surface area (Å²) >= 11 is 0. The number of hydrogen-bond donors (Lipinski definition) is 0. The van der Waals surface area contributed by atoms with E-state index in [1.54, 1.807) is 18.5 Å². The van der Waals surface area contributed by atoms with Crippen LogP contribution in [-0.2, 0) is 15.5 Å². The van der Waals surface area contributed by atoms with Crippen LogP contribution in [-0.4, -0.2) is 24.1 Å². The summed E-state index contributed by atoms with van der Waals surface area (Å²) < 4.78 is 21.0. The Morgan fingerprint density at radius 2 is 1.92 bits per heavy atom. The summed E-state index contributed by atoms with van der Waals surface area (Å²) in [5.74, 6) is 0.361. The SMILES string of the molecule is O=S(=O)(Cl)CCc1ncccn1. The number of halogens is 1. The Hall–Kier alpha value is -0.680. The molecule has 0 atom stereocenters. The third kappa shape index (κ3) is 3.64. The van der Waals surface area contributed by atoms with Crippen molar-refractivity contribution in [1.82, 2.24) is 9.97 Å². The molecule has 0 unspecified atom stereocenters. The van der Waals surface area contributed by atoms with Crippen molar-refractivity contribution in [1.29, 1.82) is 0 Å². The minimum atomic E-state index is -3.43. The molecule has 0 bridgehead atoms. The molecule has 1 aromatic rings. The molecule has 1 aromatic heterocycles. The van der Waals surface area contributed by atoms with Gasteiger partial charge in [-0.1, -0.05) is 0 Å². The predicted octanol–water partition coefficient (Wildman–Crippen LogP) is 0.588. The monoisotopic (exact) mass is 206 g/mol. The van der Waals surface area contributed by atoms with E-state index in [-0.39, 0.29) is 12.2 Å². The topological polar surface area (TPSA) is 59.9 Å². The van der Waals surface area contributed by atoms with Crippen LogP contribution < -0.4 is 0 Å². The van der Waals surface area contributed by atoms with Crippen molar-refractivity contribution in [2.45, 2.75) is 6.42 Å². The van der Waals surface area contributed by atoms with E-state index < -0.39 is 9.05 Å². The molecule has 0 fully saturated rings. The van der Waals surface area contributed by atoms with Gasteiger partial charge in [0.1, 0.15) is 5.82 Å². The Labute approximate surface area is 75.0 Å². The van der Waals surface area contributed by atoms with Crippen molar-refractivity contribution in [2.24, 2.45) is 0 Å². The van der Waals surface area contributed by atoms with Crippen LogP contribution in [0.1, 0.15) is 5.82 Å². The van der Waals surface area contributed by atoms with Gasteiger partial charge >= 0.3 is 0 Å². The van der Waals surface area contributed by atoms with Crippen molar-refractivity contribution in [2.75, 3.05) is 5.75 Å². The lowest BCUT2D eigenvalue weighted by atomic mass is 10.4. The van der Waals surface area contributed by atoms with Gasteiger partial charge in [-0.15, -0.1) is 0 Å². The molecule has 0 spiro atoms. The molecule has 4 nitrogen and oxygen atoms in total. The highest BCUT2D eigenvalue weighted by Gasteiger charge is 2.06. The summed E-state index contributed by atoms with van der Waals surface area (Å²) in [5.41, 5.74) is 0. The van der Waals surface area contributed by atoms with Crippen molar-refractivity contribution in [3.8, 4) is 0 Å². The quantitative estimate of drug-likeness (QED) is 0.680. The van der Waals surface area contributed by atoms with Gasteiger partial charge in [-0.05, 0) is 6.07 Å². The minimum Gasteiger partial charge on any atom is -0.241 e. The van der Waals surface area contributed by atoms with E-state index in [4.69, 9.17) is 10.7 Å². The fraction of sp³-hybridized carbons (Fsp3) is 0.333. The molecule has 0 aliphatic carbocycles. The molecule has 6 heteroatoms. The second kappa shape index (κ2) is 3.82. The van der Waals surface area contributed by atoms with Crippen LogP contribution in [0.5, 0.6) is 0 Å². The molecular formula is C6H7ClN2O2S. The molecular weight excluding hydrogens is 200 g/mol. The largest absolute Gasteiger partial charge is 0.241 e. The third-order valence-electron chi connectivity index (χ3n) is 1.19. The predicted molar refractivity (Wildman–Crippen MR) is 45.4 cm³/mol. The second-order valence-electron chi connectivity index (χ2n) is 2.16. The zero-order chi connectivity index (χ0) is 9.03. The summed E-state index contributed by atoms with van der Waals surface area (Å²) in [7, 11) is 1.57. The van der Waals surface area contributed by atoms with Gasteiger partial charge in [0, 0.05) is 29.5 Å². The summed E-state index contributed by atoms with van der Waals surface area (Å²) in [5, 5.41) is 0. The first kappa shape index (κ1) is 9.41. The van der Waals surface area contributed by atoms with E-state index in [0.29, 0.717) is 5.82 Å². The molecule has 1 rings (SSSR count). The van der Waals surface area contributed by atoms with Crippen molar-refractivity contribution in [3.05, 3.63) is 24.3 Å². The number of rotatable bonds is 3. The van der Waals surface area contributed by atoms with Gasteiger partial charge in [0.15, 0.2) is 0 Å². The van der Waals surface area contributed by atoms with Gasteiger partial charge in [0.25, 0.3) is 0 Å². The molecule has 0 saturated carbocycles. The molecule has 0 aliphatic rings. The van der Waals surface area contributed by atoms with Gasteiger partial charge in [-0.2, -0.15) is 0 Å². The average molecular weight is 207 g/mol. The van der Waals surface area contributed by atoms with Crippen LogP contribution >= 0.6 is 10.7 Å². The summed E-state index contributed by atoms with van der Waals surface area (Å²) in [6.07, 6.45) is 3.37. The van der Waals surface area contributed by atoms with E-state index in [2.05, 4.69) is 9.97 Å². The lowest BCUT2D eigenvalue weighted by Crippen LogP contribution is -2.03. The first-order valence-corrected chi connectivity index (χ1v) is 5.74. The molecule has 0 amide bonds.